The molecular formula is C14H24N2O4S. The third-order valence-corrected chi connectivity index (χ3v) is 3.92. The summed E-state index contributed by atoms with van der Waals surface area (Å²) in [6, 6.07) is 0. The Morgan fingerprint density at radius 1 is 1.38 bits per heavy atom. The van der Waals surface area contributed by atoms with Gasteiger partial charge >= 0.3 is 5.97 Å². The lowest BCUT2D eigenvalue weighted by Gasteiger charge is -2.10. The van der Waals surface area contributed by atoms with E-state index in [1.54, 1.807) is 7.11 Å². The number of imidazole rings is 1. The molecule has 1 aromatic rings. The van der Waals surface area contributed by atoms with Gasteiger partial charge in [-0.05, 0) is 19.3 Å². The Balaban J connectivity index is 2.37. The molecule has 0 unspecified atom stereocenters. The molecule has 120 valence electrons. The number of carboxylic acids is 1. The maximum Gasteiger partial charge on any atom is 0.313 e. The maximum absolute atomic E-state index is 10.7. The van der Waals surface area contributed by atoms with Crippen molar-refractivity contribution in [3.05, 3.63) is 11.9 Å². The van der Waals surface area contributed by atoms with Crippen LogP contribution in [0.2, 0.25) is 0 Å². The van der Waals surface area contributed by atoms with Crippen molar-refractivity contribution in [2.75, 3.05) is 32.7 Å². The summed E-state index contributed by atoms with van der Waals surface area (Å²) in [6.45, 7) is 4.89. The number of aliphatic carboxylic acids is 1. The first-order valence-electron chi connectivity index (χ1n) is 7.14. The first-order chi connectivity index (χ1) is 10.2. The van der Waals surface area contributed by atoms with Gasteiger partial charge in [0.1, 0.15) is 0 Å². The smallest absolute Gasteiger partial charge is 0.313 e. The van der Waals surface area contributed by atoms with E-state index in [4.69, 9.17) is 14.6 Å². The first-order valence-corrected chi connectivity index (χ1v) is 8.13. The lowest BCUT2D eigenvalue weighted by Crippen LogP contribution is -2.08. The lowest BCUT2D eigenvalue weighted by molar-refractivity contribution is -0.133. The number of carbonyl (C=O) groups is 1. The van der Waals surface area contributed by atoms with Crippen LogP contribution in [0.15, 0.2) is 11.4 Å². The molecule has 7 heteroatoms. The molecular weight excluding hydrogens is 292 g/mol. The molecule has 0 radical (unpaired) electrons. The van der Waals surface area contributed by atoms with Gasteiger partial charge in [0.05, 0.1) is 19.0 Å². The summed E-state index contributed by atoms with van der Waals surface area (Å²) in [4.78, 5) is 15.0. The van der Waals surface area contributed by atoms with Crippen LogP contribution >= 0.6 is 11.8 Å². The average Bonchev–Trinajstić information content (AvgIpc) is 2.86. The van der Waals surface area contributed by atoms with Crippen molar-refractivity contribution in [3.8, 4) is 0 Å². The Morgan fingerprint density at radius 2 is 2.19 bits per heavy atom. The van der Waals surface area contributed by atoms with Crippen LogP contribution in [0.1, 0.15) is 25.5 Å². The number of methoxy groups -OCH3 is 1. The Morgan fingerprint density at radius 3 is 2.86 bits per heavy atom. The molecule has 21 heavy (non-hydrogen) atoms. The van der Waals surface area contributed by atoms with E-state index in [1.807, 2.05) is 6.20 Å². The van der Waals surface area contributed by atoms with Gasteiger partial charge in [-0.3, -0.25) is 4.79 Å². The van der Waals surface area contributed by atoms with E-state index in [9.17, 15) is 4.79 Å². The third-order valence-electron chi connectivity index (χ3n) is 2.94. The van der Waals surface area contributed by atoms with Crippen LogP contribution in [-0.2, 0) is 27.2 Å². The predicted molar refractivity (Wildman–Crippen MR) is 81.9 cm³/mol. The number of unbranched alkanes of at least 4 members (excludes halogenated alkanes) is 1. The van der Waals surface area contributed by atoms with Gasteiger partial charge in [0.25, 0.3) is 0 Å². The normalized spacial score (nSPS) is 11.0. The van der Waals surface area contributed by atoms with Crippen molar-refractivity contribution >= 4 is 17.7 Å². The van der Waals surface area contributed by atoms with Crippen molar-refractivity contribution in [2.45, 2.75) is 37.9 Å². The minimum Gasteiger partial charge on any atom is -0.481 e. The number of aromatic nitrogens is 2. The molecule has 0 spiro atoms. The molecule has 0 fully saturated rings. The van der Waals surface area contributed by atoms with E-state index >= 15 is 0 Å². The fourth-order valence-electron chi connectivity index (χ4n) is 1.87. The van der Waals surface area contributed by atoms with E-state index in [0.29, 0.717) is 13.2 Å². The van der Waals surface area contributed by atoms with E-state index in [0.717, 1.165) is 43.3 Å². The van der Waals surface area contributed by atoms with Crippen molar-refractivity contribution < 1.29 is 19.4 Å². The maximum atomic E-state index is 10.7. The van der Waals surface area contributed by atoms with E-state index < -0.39 is 5.97 Å². The third kappa shape index (κ3) is 6.97. The number of ether oxygens (including phenoxy) is 2. The van der Waals surface area contributed by atoms with Crippen LogP contribution in [0.3, 0.4) is 0 Å². The molecule has 0 aliphatic rings. The number of aryl methyl sites for hydroxylation is 1. The van der Waals surface area contributed by atoms with Crippen molar-refractivity contribution in [1.29, 1.82) is 0 Å². The van der Waals surface area contributed by atoms with Crippen LogP contribution in [0.5, 0.6) is 0 Å². The molecule has 0 saturated heterocycles. The largest absolute Gasteiger partial charge is 0.481 e. The van der Waals surface area contributed by atoms with Gasteiger partial charge in [0.2, 0.25) is 0 Å². The number of rotatable bonds is 12. The highest BCUT2D eigenvalue weighted by atomic mass is 32.2. The Kier molecular flexibility index (Phi) is 9.12. The van der Waals surface area contributed by atoms with Gasteiger partial charge in [0.15, 0.2) is 5.16 Å². The summed E-state index contributed by atoms with van der Waals surface area (Å²) < 4.78 is 12.5. The fraction of sp³-hybridized carbons (Fsp3) is 0.714. The number of thioether (sulfide) groups is 1. The van der Waals surface area contributed by atoms with Crippen molar-refractivity contribution in [3.63, 3.8) is 0 Å². The molecule has 0 aromatic carbocycles. The quantitative estimate of drug-likeness (QED) is 0.470. The summed E-state index contributed by atoms with van der Waals surface area (Å²) >= 11 is 1.27. The van der Waals surface area contributed by atoms with E-state index in [-0.39, 0.29) is 5.75 Å². The molecule has 1 heterocycles. The van der Waals surface area contributed by atoms with Gasteiger partial charge in [-0.15, -0.1) is 0 Å². The predicted octanol–water partition coefficient (Wildman–Crippen LogP) is 2.07. The first kappa shape index (κ1) is 18.0. The molecule has 1 rings (SSSR count). The second kappa shape index (κ2) is 10.6. The minimum atomic E-state index is -0.820. The van der Waals surface area contributed by atoms with Crippen LogP contribution in [0.4, 0.5) is 0 Å². The number of hydrogen-bond donors (Lipinski definition) is 1. The Labute approximate surface area is 129 Å². The standard InChI is InChI=1S/C14H24N2O4S/c1-3-12-10-15-14(21-11-13(17)18)16(12)6-4-5-7-20-9-8-19-2/h10H,3-9,11H2,1-2H3,(H,17,18). The van der Waals surface area contributed by atoms with Gasteiger partial charge in [-0.25, -0.2) is 4.98 Å². The monoisotopic (exact) mass is 316 g/mol. The van der Waals surface area contributed by atoms with Crippen LogP contribution in [0, 0.1) is 0 Å². The summed E-state index contributed by atoms with van der Waals surface area (Å²) in [5.74, 6) is -0.778. The minimum absolute atomic E-state index is 0.0420. The van der Waals surface area contributed by atoms with Gasteiger partial charge in [-0.1, -0.05) is 18.7 Å². The highest BCUT2D eigenvalue weighted by Crippen LogP contribution is 2.19. The van der Waals surface area contributed by atoms with Gasteiger partial charge in [0, 0.05) is 32.2 Å². The number of carboxylic acid groups (broad SMARTS) is 1. The lowest BCUT2D eigenvalue weighted by atomic mass is 10.3. The highest BCUT2D eigenvalue weighted by molar-refractivity contribution is 7.99. The molecule has 1 aromatic heterocycles. The Hall–Kier alpha value is -1.05. The topological polar surface area (TPSA) is 73.6 Å². The molecule has 0 aliphatic heterocycles. The second-order valence-corrected chi connectivity index (χ2v) is 5.47. The van der Waals surface area contributed by atoms with Crippen LogP contribution in [-0.4, -0.2) is 53.3 Å². The summed E-state index contributed by atoms with van der Waals surface area (Å²) in [5, 5.41) is 9.55. The molecule has 0 atom stereocenters. The Bertz CT molecular complexity index is 423. The molecule has 0 aliphatic carbocycles. The van der Waals surface area contributed by atoms with Crippen LogP contribution in [0.25, 0.3) is 0 Å². The summed E-state index contributed by atoms with van der Waals surface area (Å²) in [5.41, 5.74) is 1.14. The molecule has 0 saturated carbocycles. The van der Waals surface area contributed by atoms with Gasteiger partial charge in [-0.2, -0.15) is 0 Å². The zero-order valence-electron chi connectivity index (χ0n) is 12.7. The fourth-order valence-corrected chi connectivity index (χ4v) is 2.62. The SMILES string of the molecule is CCc1cnc(SCC(=O)O)n1CCCCOCCOC. The molecule has 1 N–H and O–H groups in total. The zero-order valence-corrected chi connectivity index (χ0v) is 13.5. The summed E-state index contributed by atoms with van der Waals surface area (Å²) in [6.07, 6.45) is 4.68. The number of nitrogens with zero attached hydrogens (tertiary/aromatic N) is 2. The van der Waals surface area contributed by atoms with Crippen molar-refractivity contribution in [2.24, 2.45) is 0 Å². The number of hydrogen-bond acceptors (Lipinski definition) is 5. The van der Waals surface area contributed by atoms with E-state index in [2.05, 4.69) is 16.5 Å². The molecule has 0 bridgehead atoms. The second-order valence-electron chi connectivity index (χ2n) is 4.53. The van der Waals surface area contributed by atoms with Crippen molar-refractivity contribution in [1.82, 2.24) is 9.55 Å². The zero-order chi connectivity index (χ0) is 15.5. The molecule has 6 nitrogen and oxygen atoms in total. The highest BCUT2D eigenvalue weighted by Gasteiger charge is 2.10. The van der Waals surface area contributed by atoms with Gasteiger partial charge < -0.3 is 19.1 Å². The summed E-state index contributed by atoms with van der Waals surface area (Å²) in [7, 11) is 1.66. The van der Waals surface area contributed by atoms with E-state index in [1.165, 1.54) is 11.8 Å². The molecule has 0 amide bonds. The van der Waals surface area contributed by atoms with Crippen LogP contribution < -0.4 is 0 Å². The average molecular weight is 316 g/mol.